The number of carboxylic acid groups (broad SMARTS) is 1. The second-order valence-corrected chi connectivity index (χ2v) is 5.75. The van der Waals surface area contributed by atoms with E-state index in [1.54, 1.807) is 0 Å². The summed E-state index contributed by atoms with van der Waals surface area (Å²) in [7, 11) is -3.86. The van der Waals surface area contributed by atoms with Crippen molar-refractivity contribution >= 4 is 20.9 Å². The van der Waals surface area contributed by atoms with Gasteiger partial charge in [0.2, 0.25) is 9.84 Å². The molecule has 2 rings (SSSR count). The monoisotopic (exact) mass is 244 g/mol. The zero-order chi connectivity index (χ0) is 11.8. The molecular weight excluding hydrogens is 232 g/mol. The third kappa shape index (κ3) is 1.88. The maximum atomic E-state index is 11.6. The van der Waals surface area contributed by atoms with Crippen LogP contribution in [0.25, 0.3) is 0 Å². The lowest BCUT2D eigenvalue weighted by molar-refractivity contribution is -0.131. The van der Waals surface area contributed by atoms with Gasteiger partial charge in [0, 0.05) is 12.6 Å². The van der Waals surface area contributed by atoms with Crippen LogP contribution in [0.15, 0.2) is 16.1 Å². The van der Waals surface area contributed by atoms with Crippen LogP contribution >= 0.6 is 0 Å². The van der Waals surface area contributed by atoms with Crippen LogP contribution in [0, 0.1) is 0 Å². The van der Waals surface area contributed by atoms with Crippen LogP contribution in [0.5, 0.6) is 0 Å². The number of hydrogen-bond donors (Lipinski definition) is 2. The molecule has 2 aliphatic rings. The fourth-order valence-electron chi connectivity index (χ4n) is 1.55. The fraction of sp³-hybridized carbons (Fsp3) is 0.556. The molecule has 7 heteroatoms. The predicted molar refractivity (Wildman–Crippen MR) is 57.7 cm³/mol. The van der Waals surface area contributed by atoms with E-state index in [0.29, 0.717) is 6.04 Å². The van der Waals surface area contributed by atoms with Crippen LogP contribution in [0.2, 0.25) is 0 Å². The van der Waals surface area contributed by atoms with Gasteiger partial charge >= 0.3 is 5.97 Å². The molecular formula is C9H12N2O4S. The van der Waals surface area contributed by atoms with E-state index >= 15 is 0 Å². The summed E-state index contributed by atoms with van der Waals surface area (Å²) in [5, 5.41) is 11.6. The summed E-state index contributed by atoms with van der Waals surface area (Å²) in [6, 6.07) is 0.340. The van der Waals surface area contributed by atoms with Gasteiger partial charge in [0.1, 0.15) is 0 Å². The molecule has 6 nitrogen and oxygen atoms in total. The van der Waals surface area contributed by atoms with Gasteiger partial charge in [0.25, 0.3) is 0 Å². The molecule has 1 heterocycles. The normalized spacial score (nSPS) is 23.5. The lowest BCUT2D eigenvalue weighted by Gasteiger charge is -2.26. The van der Waals surface area contributed by atoms with E-state index in [4.69, 9.17) is 5.11 Å². The minimum absolute atomic E-state index is 0.100. The number of carbonyl (C=O) groups is 1. The topological polar surface area (TPSA) is 95.8 Å². The molecule has 0 aromatic carbocycles. The van der Waals surface area contributed by atoms with E-state index in [2.05, 4.69) is 10.3 Å². The first-order valence-electron chi connectivity index (χ1n) is 5.00. The van der Waals surface area contributed by atoms with Crippen molar-refractivity contribution in [1.29, 1.82) is 0 Å². The molecule has 0 aromatic rings. The van der Waals surface area contributed by atoms with Gasteiger partial charge in [-0.05, 0) is 12.8 Å². The molecule has 0 unspecified atom stereocenters. The van der Waals surface area contributed by atoms with E-state index in [1.807, 2.05) is 0 Å². The Balaban J connectivity index is 2.01. The van der Waals surface area contributed by atoms with E-state index < -0.39 is 20.7 Å². The fourth-order valence-corrected chi connectivity index (χ4v) is 2.69. The molecule has 88 valence electrons. The summed E-state index contributed by atoms with van der Waals surface area (Å²) < 4.78 is 23.3. The van der Waals surface area contributed by atoms with Crippen molar-refractivity contribution in [3.05, 3.63) is 11.1 Å². The van der Waals surface area contributed by atoms with Gasteiger partial charge in [-0.3, -0.25) is 0 Å². The van der Waals surface area contributed by atoms with Crippen molar-refractivity contribution in [2.24, 2.45) is 4.99 Å². The van der Waals surface area contributed by atoms with Gasteiger partial charge in [-0.15, -0.1) is 0 Å². The highest BCUT2D eigenvalue weighted by molar-refractivity contribution is 8.10. The van der Waals surface area contributed by atoms with E-state index in [-0.39, 0.29) is 11.6 Å². The average molecular weight is 244 g/mol. The van der Waals surface area contributed by atoms with Gasteiger partial charge in [0.05, 0.1) is 6.20 Å². The molecule has 0 saturated heterocycles. The number of nitrogens with one attached hydrogen (secondary N) is 1. The van der Waals surface area contributed by atoms with E-state index in [9.17, 15) is 13.2 Å². The van der Waals surface area contributed by atoms with Crippen LogP contribution in [-0.4, -0.2) is 37.1 Å². The average Bonchev–Trinajstić information content (AvgIpc) is 2.39. The first kappa shape index (κ1) is 11.3. The number of hydrogen-bond acceptors (Lipinski definition) is 5. The zero-order valence-corrected chi connectivity index (χ0v) is 9.33. The van der Waals surface area contributed by atoms with Crippen molar-refractivity contribution in [3.63, 3.8) is 0 Å². The van der Waals surface area contributed by atoms with Crippen LogP contribution in [0.1, 0.15) is 19.3 Å². The molecule has 1 aliphatic heterocycles. The molecule has 0 aromatic heterocycles. The van der Waals surface area contributed by atoms with Crippen molar-refractivity contribution in [1.82, 2.24) is 5.32 Å². The molecule has 0 amide bonds. The number of nitrogens with zero attached hydrogens (tertiary/aromatic N) is 1. The van der Waals surface area contributed by atoms with Crippen LogP contribution in [0.3, 0.4) is 0 Å². The van der Waals surface area contributed by atoms with Crippen molar-refractivity contribution in [3.8, 4) is 0 Å². The molecule has 1 fully saturated rings. The lowest BCUT2D eigenvalue weighted by Crippen LogP contribution is -2.40. The van der Waals surface area contributed by atoms with Gasteiger partial charge in [-0.25, -0.2) is 18.2 Å². The van der Waals surface area contributed by atoms with Gasteiger partial charge in [0.15, 0.2) is 9.95 Å². The van der Waals surface area contributed by atoms with Crippen LogP contribution in [0.4, 0.5) is 0 Å². The maximum absolute atomic E-state index is 11.6. The third-order valence-corrected chi connectivity index (χ3v) is 4.51. The summed E-state index contributed by atoms with van der Waals surface area (Å²) >= 11 is 0. The standard InChI is InChI=1S/C9H12N2O4S/c12-9(13)7-4-11-8(16(7,14)15)5-10-6-2-1-3-6/h4,6,10H,1-3,5H2,(H,12,13). The molecule has 16 heavy (non-hydrogen) atoms. The Hall–Kier alpha value is -1.21. The number of aliphatic imine (C=N–C) groups is 1. The minimum Gasteiger partial charge on any atom is -0.477 e. The Morgan fingerprint density at radius 1 is 1.56 bits per heavy atom. The smallest absolute Gasteiger partial charge is 0.349 e. The molecule has 1 saturated carbocycles. The second kappa shape index (κ2) is 3.99. The maximum Gasteiger partial charge on any atom is 0.349 e. The SMILES string of the molecule is O=C(O)C1=CN=C(CNC2CCC2)S1(=O)=O. The molecule has 2 N–H and O–H groups in total. The van der Waals surface area contributed by atoms with E-state index in [1.165, 1.54) is 0 Å². The Morgan fingerprint density at radius 2 is 2.25 bits per heavy atom. The number of rotatable bonds is 4. The summed E-state index contributed by atoms with van der Waals surface area (Å²) in [6.45, 7) is 0.111. The summed E-state index contributed by atoms with van der Waals surface area (Å²) in [6.07, 6.45) is 4.12. The van der Waals surface area contributed by atoms with Crippen molar-refractivity contribution in [2.75, 3.05) is 6.54 Å². The summed E-state index contributed by atoms with van der Waals surface area (Å²) in [4.78, 5) is 13.6. The van der Waals surface area contributed by atoms with Gasteiger partial charge < -0.3 is 10.4 Å². The Morgan fingerprint density at radius 3 is 2.69 bits per heavy atom. The minimum atomic E-state index is -3.86. The summed E-state index contributed by atoms with van der Waals surface area (Å²) in [5.74, 6) is -1.46. The number of sulfone groups is 1. The Bertz CT molecular complexity index is 474. The highest BCUT2D eigenvalue weighted by Crippen LogP contribution is 2.20. The first-order valence-corrected chi connectivity index (χ1v) is 6.49. The Kier molecular flexibility index (Phi) is 2.81. The van der Waals surface area contributed by atoms with Crippen molar-refractivity contribution < 1.29 is 18.3 Å². The number of aliphatic carboxylic acids is 1. The molecule has 0 atom stereocenters. The Labute approximate surface area is 93.0 Å². The number of carboxylic acids is 1. The van der Waals surface area contributed by atoms with Gasteiger partial charge in [-0.2, -0.15) is 0 Å². The summed E-state index contributed by atoms with van der Waals surface area (Å²) in [5.41, 5.74) is 0. The third-order valence-electron chi connectivity index (χ3n) is 2.78. The highest BCUT2D eigenvalue weighted by Gasteiger charge is 2.34. The first-order chi connectivity index (χ1) is 7.51. The molecule has 0 radical (unpaired) electrons. The second-order valence-electron chi connectivity index (χ2n) is 3.83. The van der Waals surface area contributed by atoms with Crippen molar-refractivity contribution in [2.45, 2.75) is 25.3 Å². The van der Waals surface area contributed by atoms with Crippen LogP contribution in [-0.2, 0) is 14.6 Å². The molecule has 0 spiro atoms. The highest BCUT2D eigenvalue weighted by atomic mass is 32.2. The molecule has 1 aliphatic carbocycles. The molecule has 0 bridgehead atoms. The lowest BCUT2D eigenvalue weighted by atomic mass is 9.93. The quantitative estimate of drug-likeness (QED) is 0.718. The largest absolute Gasteiger partial charge is 0.477 e. The van der Waals surface area contributed by atoms with E-state index in [0.717, 1.165) is 25.5 Å². The van der Waals surface area contributed by atoms with Gasteiger partial charge in [-0.1, -0.05) is 6.42 Å². The predicted octanol–water partition coefficient (Wildman–Crippen LogP) is -0.119. The zero-order valence-electron chi connectivity index (χ0n) is 8.51. The van der Waals surface area contributed by atoms with Crippen LogP contribution < -0.4 is 5.32 Å².